The normalized spacial score (nSPS) is 32.4. The molecule has 0 saturated carbocycles. The second kappa shape index (κ2) is 4.17. The quantitative estimate of drug-likeness (QED) is 0.730. The van der Waals surface area contributed by atoms with Gasteiger partial charge in [0.1, 0.15) is 6.61 Å². The highest BCUT2D eigenvalue weighted by atomic mass is 16.6. The van der Waals surface area contributed by atoms with Gasteiger partial charge in [-0.15, -0.1) is 0 Å². The molecular formula is C10H18N2O2. The van der Waals surface area contributed by atoms with Crippen molar-refractivity contribution >= 4 is 6.09 Å². The Morgan fingerprint density at radius 3 is 3.14 bits per heavy atom. The second-order valence-corrected chi connectivity index (χ2v) is 4.09. The van der Waals surface area contributed by atoms with Gasteiger partial charge in [0.25, 0.3) is 0 Å². The van der Waals surface area contributed by atoms with E-state index in [1.165, 1.54) is 6.42 Å². The van der Waals surface area contributed by atoms with Crippen LogP contribution < -0.4 is 5.32 Å². The Morgan fingerprint density at radius 2 is 2.50 bits per heavy atom. The predicted octanol–water partition coefficient (Wildman–Crippen LogP) is 0.827. The predicted molar refractivity (Wildman–Crippen MR) is 53.1 cm³/mol. The fourth-order valence-corrected chi connectivity index (χ4v) is 2.36. The number of nitrogens with one attached hydrogen (secondary N) is 1. The minimum absolute atomic E-state index is 0.122. The van der Waals surface area contributed by atoms with Gasteiger partial charge in [-0.05, 0) is 25.3 Å². The Hall–Kier alpha value is -0.770. The maximum Gasteiger partial charge on any atom is 0.410 e. The Morgan fingerprint density at radius 1 is 1.64 bits per heavy atom. The lowest BCUT2D eigenvalue weighted by Crippen LogP contribution is -2.40. The molecule has 0 aromatic heterocycles. The minimum Gasteiger partial charge on any atom is -0.447 e. The third-order valence-electron chi connectivity index (χ3n) is 3.12. The van der Waals surface area contributed by atoms with Gasteiger partial charge in [-0.3, -0.25) is 0 Å². The maximum absolute atomic E-state index is 11.4. The van der Waals surface area contributed by atoms with Crippen molar-refractivity contribution < 1.29 is 9.53 Å². The summed E-state index contributed by atoms with van der Waals surface area (Å²) in [5.74, 6) is 0.591. The molecule has 2 unspecified atom stereocenters. The zero-order valence-electron chi connectivity index (χ0n) is 8.66. The molecule has 0 aliphatic carbocycles. The van der Waals surface area contributed by atoms with Crippen molar-refractivity contribution in [1.82, 2.24) is 10.2 Å². The van der Waals surface area contributed by atoms with Crippen LogP contribution >= 0.6 is 0 Å². The number of cyclic esters (lactones) is 1. The van der Waals surface area contributed by atoms with Crippen molar-refractivity contribution in [2.24, 2.45) is 5.92 Å². The molecule has 4 heteroatoms. The molecule has 2 rings (SSSR count). The van der Waals surface area contributed by atoms with Gasteiger partial charge in [-0.1, -0.05) is 6.92 Å². The van der Waals surface area contributed by atoms with E-state index in [0.717, 1.165) is 26.1 Å². The Bertz CT molecular complexity index is 214. The number of ether oxygens (including phenoxy) is 1. The van der Waals surface area contributed by atoms with E-state index in [1.54, 1.807) is 0 Å². The molecule has 14 heavy (non-hydrogen) atoms. The summed E-state index contributed by atoms with van der Waals surface area (Å²) in [7, 11) is 0. The summed E-state index contributed by atoms with van der Waals surface area (Å²) < 4.78 is 5.10. The first-order valence-electron chi connectivity index (χ1n) is 5.47. The van der Waals surface area contributed by atoms with E-state index in [-0.39, 0.29) is 6.09 Å². The van der Waals surface area contributed by atoms with Crippen LogP contribution in [0, 0.1) is 5.92 Å². The van der Waals surface area contributed by atoms with Crippen molar-refractivity contribution in [2.45, 2.75) is 25.8 Å². The summed E-state index contributed by atoms with van der Waals surface area (Å²) in [6, 6.07) is 0.317. The standard InChI is InChI=1S/C10H18N2O2/c1-2-5-12-9(7-14-10(12)13)8-3-4-11-6-8/h8-9,11H,2-7H2,1H3. The molecular weight excluding hydrogens is 180 g/mol. The molecule has 2 atom stereocenters. The van der Waals surface area contributed by atoms with Gasteiger partial charge in [-0.25, -0.2) is 4.79 Å². The van der Waals surface area contributed by atoms with E-state index in [4.69, 9.17) is 4.74 Å². The maximum atomic E-state index is 11.4. The zero-order chi connectivity index (χ0) is 9.97. The highest BCUT2D eigenvalue weighted by Crippen LogP contribution is 2.24. The minimum atomic E-state index is -0.122. The van der Waals surface area contributed by atoms with Crippen LogP contribution in [0.2, 0.25) is 0 Å². The Labute approximate surface area is 84.6 Å². The third-order valence-corrected chi connectivity index (χ3v) is 3.12. The highest BCUT2D eigenvalue weighted by Gasteiger charge is 2.38. The van der Waals surface area contributed by atoms with Gasteiger partial charge < -0.3 is 15.0 Å². The molecule has 0 aromatic rings. The lowest BCUT2D eigenvalue weighted by Gasteiger charge is -2.25. The van der Waals surface area contributed by atoms with Crippen molar-refractivity contribution in [2.75, 3.05) is 26.2 Å². The van der Waals surface area contributed by atoms with E-state index >= 15 is 0 Å². The average Bonchev–Trinajstić information content (AvgIpc) is 2.77. The largest absolute Gasteiger partial charge is 0.447 e. The molecule has 2 saturated heterocycles. The van der Waals surface area contributed by atoms with Gasteiger partial charge in [0.05, 0.1) is 6.04 Å². The van der Waals surface area contributed by atoms with E-state index in [0.29, 0.717) is 18.6 Å². The molecule has 4 nitrogen and oxygen atoms in total. The van der Waals surface area contributed by atoms with Crippen LogP contribution in [-0.2, 0) is 4.74 Å². The fraction of sp³-hybridized carbons (Fsp3) is 0.900. The van der Waals surface area contributed by atoms with Crippen LogP contribution in [-0.4, -0.2) is 43.3 Å². The summed E-state index contributed by atoms with van der Waals surface area (Å²) in [6.07, 6.45) is 2.05. The van der Waals surface area contributed by atoms with Crippen LogP contribution in [0.5, 0.6) is 0 Å². The fourth-order valence-electron chi connectivity index (χ4n) is 2.36. The number of nitrogens with zero attached hydrogens (tertiary/aromatic N) is 1. The first kappa shape index (κ1) is 9.77. The molecule has 80 valence electrons. The molecule has 1 N–H and O–H groups in total. The molecule has 0 spiro atoms. The monoisotopic (exact) mass is 198 g/mol. The number of hydrogen-bond donors (Lipinski definition) is 1. The van der Waals surface area contributed by atoms with Gasteiger partial charge >= 0.3 is 6.09 Å². The molecule has 0 radical (unpaired) electrons. The molecule has 2 fully saturated rings. The number of hydrogen-bond acceptors (Lipinski definition) is 3. The zero-order valence-corrected chi connectivity index (χ0v) is 8.66. The summed E-state index contributed by atoms with van der Waals surface area (Å²) in [6.45, 7) is 5.62. The molecule has 2 aliphatic rings. The van der Waals surface area contributed by atoms with Crippen molar-refractivity contribution in [3.63, 3.8) is 0 Å². The SMILES string of the molecule is CCCN1C(=O)OCC1C1CCNC1. The smallest absolute Gasteiger partial charge is 0.410 e. The first-order valence-corrected chi connectivity index (χ1v) is 5.47. The van der Waals surface area contributed by atoms with Crippen molar-refractivity contribution in [3.8, 4) is 0 Å². The lowest BCUT2D eigenvalue weighted by molar-refractivity contribution is 0.156. The average molecular weight is 198 g/mol. The molecule has 1 amide bonds. The van der Waals surface area contributed by atoms with E-state index in [9.17, 15) is 4.79 Å². The molecule has 2 aliphatic heterocycles. The van der Waals surface area contributed by atoms with E-state index in [2.05, 4.69) is 12.2 Å². The molecule has 0 aromatic carbocycles. The van der Waals surface area contributed by atoms with Crippen LogP contribution in [0.25, 0.3) is 0 Å². The first-order chi connectivity index (χ1) is 6.83. The number of carbonyl (C=O) groups excluding carboxylic acids is 1. The summed E-state index contributed by atoms with van der Waals surface area (Å²) in [5.41, 5.74) is 0. The summed E-state index contributed by atoms with van der Waals surface area (Å²) in [4.78, 5) is 13.3. The lowest BCUT2D eigenvalue weighted by atomic mass is 9.99. The van der Waals surface area contributed by atoms with Crippen LogP contribution in [0.4, 0.5) is 4.79 Å². The number of rotatable bonds is 3. The van der Waals surface area contributed by atoms with Gasteiger partial charge in [0.15, 0.2) is 0 Å². The second-order valence-electron chi connectivity index (χ2n) is 4.09. The van der Waals surface area contributed by atoms with E-state index < -0.39 is 0 Å². The Balaban J connectivity index is 1.98. The number of amides is 1. The third kappa shape index (κ3) is 1.71. The van der Waals surface area contributed by atoms with Gasteiger partial charge in [-0.2, -0.15) is 0 Å². The Kier molecular flexibility index (Phi) is 2.91. The van der Waals surface area contributed by atoms with Crippen molar-refractivity contribution in [3.05, 3.63) is 0 Å². The molecule has 0 bridgehead atoms. The van der Waals surface area contributed by atoms with Crippen molar-refractivity contribution in [1.29, 1.82) is 0 Å². The van der Waals surface area contributed by atoms with Crippen LogP contribution in [0.3, 0.4) is 0 Å². The molecule has 2 heterocycles. The summed E-state index contributed by atoms with van der Waals surface area (Å²) in [5, 5.41) is 3.33. The highest BCUT2D eigenvalue weighted by molar-refractivity contribution is 5.70. The van der Waals surface area contributed by atoms with Gasteiger partial charge in [0.2, 0.25) is 0 Å². The number of carbonyl (C=O) groups is 1. The van der Waals surface area contributed by atoms with Gasteiger partial charge in [0, 0.05) is 13.1 Å². The van der Waals surface area contributed by atoms with Crippen LogP contribution in [0.15, 0.2) is 0 Å². The summed E-state index contributed by atoms with van der Waals surface area (Å²) >= 11 is 0. The van der Waals surface area contributed by atoms with E-state index in [1.807, 2.05) is 4.90 Å². The van der Waals surface area contributed by atoms with Crippen LogP contribution in [0.1, 0.15) is 19.8 Å². The topological polar surface area (TPSA) is 41.6 Å².